The van der Waals surface area contributed by atoms with Crippen molar-refractivity contribution in [3.05, 3.63) is 52.9 Å². The highest BCUT2D eigenvalue weighted by molar-refractivity contribution is 5.85. The molecule has 0 saturated heterocycles. The van der Waals surface area contributed by atoms with Crippen LogP contribution in [-0.4, -0.2) is 0 Å². The number of benzene rings is 1. The number of rotatable bonds is 1. The van der Waals surface area contributed by atoms with Crippen molar-refractivity contribution in [2.75, 3.05) is 0 Å². The molecule has 18 heavy (non-hydrogen) atoms. The van der Waals surface area contributed by atoms with E-state index in [0.717, 1.165) is 12.0 Å². The van der Waals surface area contributed by atoms with Gasteiger partial charge in [-0.25, -0.2) is 4.39 Å². The smallest absolute Gasteiger partial charge is 0.123 e. The molecule has 0 unspecified atom stereocenters. The molecule has 98 valence electrons. The van der Waals surface area contributed by atoms with Gasteiger partial charge in [0.1, 0.15) is 5.82 Å². The normalized spacial score (nSPS) is 17.6. The van der Waals surface area contributed by atoms with Crippen LogP contribution in [0.1, 0.15) is 51.7 Å². The fourth-order valence-corrected chi connectivity index (χ4v) is 2.04. The Morgan fingerprint density at radius 2 is 1.78 bits per heavy atom. The molecule has 0 N–H and O–H groups in total. The van der Waals surface area contributed by atoms with Gasteiger partial charge in [0.15, 0.2) is 0 Å². The van der Waals surface area contributed by atoms with E-state index in [9.17, 15) is 4.39 Å². The predicted molar refractivity (Wildman–Crippen MR) is 78.1 cm³/mol. The number of halogens is 1. The molecule has 0 aliphatic heterocycles. The Bertz CT molecular complexity index is 451. The molecule has 0 amide bonds. The first-order valence-electron chi connectivity index (χ1n) is 6.78. The second-order valence-electron chi connectivity index (χ2n) is 4.49. The van der Waals surface area contributed by atoms with Gasteiger partial charge in [-0.05, 0) is 54.7 Å². The quantitative estimate of drug-likeness (QED) is 0.610. The van der Waals surface area contributed by atoms with Gasteiger partial charge in [0.05, 0.1) is 0 Å². The van der Waals surface area contributed by atoms with Gasteiger partial charge in [0.2, 0.25) is 0 Å². The zero-order valence-corrected chi connectivity index (χ0v) is 11.9. The Labute approximate surface area is 110 Å². The lowest BCUT2D eigenvalue weighted by atomic mass is 10.1. The molecule has 0 atom stereocenters. The summed E-state index contributed by atoms with van der Waals surface area (Å²) < 4.78 is 13.0. The van der Waals surface area contributed by atoms with Crippen LogP contribution in [0.2, 0.25) is 0 Å². The van der Waals surface area contributed by atoms with E-state index >= 15 is 0 Å². The Hall–Kier alpha value is -1.37. The third-order valence-electron chi connectivity index (χ3n) is 3.22. The Morgan fingerprint density at radius 3 is 2.28 bits per heavy atom. The Kier molecular flexibility index (Phi) is 5.84. The van der Waals surface area contributed by atoms with Crippen molar-refractivity contribution in [3.63, 3.8) is 0 Å². The van der Waals surface area contributed by atoms with Crippen molar-refractivity contribution in [2.24, 2.45) is 0 Å². The van der Waals surface area contributed by atoms with Gasteiger partial charge in [-0.15, -0.1) is 0 Å². The summed E-state index contributed by atoms with van der Waals surface area (Å²) in [5.41, 5.74) is 4.84. The van der Waals surface area contributed by atoms with Crippen LogP contribution in [0, 0.1) is 5.82 Å². The number of unbranched alkanes of at least 4 members (excludes halogenated alkanes) is 1. The van der Waals surface area contributed by atoms with Crippen LogP contribution < -0.4 is 0 Å². The van der Waals surface area contributed by atoms with Crippen molar-refractivity contribution in [1.82, 2.24) is 0 Å². The monoisotopic (exact) mass is 246 g/mol. The number of hydrogen-bond acceptors (Lipinski definition) is 0. The molecule has 0 radical (unpaired) electrons. The van der Waals surface area contributed by atoms with Crippen molar-refractivity contribution in [3.8, 4) is 0 Å². The van der Waals surface area contributed by atoms with Gasteiger partial charge < -0.3 is 0 Å². The molecule has 1 aromatic rings. The van der Waals surface area contributed by atoms with Gasteiger partial charge in [0, 0.05) is 0 Å². The standard InChI is InChI=1S/C13H13F.C4H10/c1-3-9-7-10-8-11(14)5-6-13(10)12(9)4-2;1-3-4-2/h3-6,8H,7H2,1-2H3;3-4H2,1-2H3/b9-3-,12-4+;. The van der Waals surface area contributed by atoms with E-state index in [0.29, 0.717) is 0 Å². The highest BCUT2D eigenvalue weighted by Crippen LogP contribution is 2.36. The van der Waals surface area contributed by atoms with Gasteiger partial charge in [-0.3, -0.25) is 0 Å². The van der Waals surface area contributed by atoms with Crippen LogP contribution in [0.4, 0.5) is 4.39 Å². The lowest BCUT2D eigenvalue weighted by Gasteiger charge is -2.00. The van der Waals surface area contributed by atoms with E-state index in [2.05, 4.69) is 26.0 Å². The lowest BCUT2D eigenvalue weighted by Crippen LogP contribution is -1.82. The molecular formula is C17H23F. The van der Waals surface area contributed by atoms with Crippen LogP contribution in [0.25, 0.3) is 5.57 Å². The average Bonchev–Trinajstić information content (AvgIpc) is 2.75. The fourth-order valence-electron chi connectivity index (χ4n) is 2.04. The second kappa shape index (κ2) is 7.15. The Balaban J connectivity index is 0.000000357. The van der Waals surface area contributed by atoms with E-state index in [4.69, 9.17) is 0 Å². The van der Waals surface area contributed by atoms with Crippen molar-refractivity contribution in [1.29, 1.82) is 0 Å². The van der Waals surface area contributed by atoms with Crippen molar-refractivity contribution < 1.29 is 4.39 Å². The maximum Gasteiger partial charge on any atom is 0.123 e. The summed E-state index contributed by atoms with van der Waals surface area (Å²) in [5.74, 6) is -0.142. The minimum atomic E-state index is -0.142. The third kappa shape index (κ3) is 3.32. The predicted octanol–water partition coefficient (Wildman–Crippen LogP) is 5.54. The summed E-state index contributed by atoms with van der Waals surface area (Å²) in [5, 5.41) is 0. The molecule has 1 heteroatoms. The molecule has 0 nitrogen and oxygen atoms in total. The van der Waals surface area contributed by atoms with Gasteiger partial charge >= 0.3 is 0 Å². The summed E-state index contributed by atoms with van der Waals surface area (Å²) in [7, 11) is 0. The number of hydrogen-bond donors (Lipinski definition) is 0. The van der Waals surface area contributed by atoms with E-state index in [-0.39, 0.29) is 5.82 Å². The highest BCUT2D eigenvalue weighted by Gasteiger charge is 2.19. The summed E-state index contributed by atoms with van der Waals surface area (Å²) >= 11 is 0. The van der Waals surface area contributed by atoms with Gasteiger partial charge in [0.25, 0.3) is 0 Å². The molecule has 0 bridgehead atoms. The second-order valence-corrected chi connectivity index (χ2v) is 4.49. The molecule has 0 heterocycles. The minimum Gasteiger partial charge on any atom is -0.207 e. The summed E-state index contributed by atoms with van der Waals surface area (Å²) in [6.45, 7) is 8.42. The first-order chi connectivity index (χ1) is 8.67. The molecule has 1 aromatic carbocycles. The molecule has 1 aliphatic rings. The maximum atomic E-state index is 13.0. The number of fused-ring (bicyclic) bond motifs is 1. The van der Waals surface area contributed by atoms with Crippen LogP contribution >= 0.6 is 0 Å². The van der Waals surface area contributed by atoms with Crippen molar-refractivity contribution in [2.45, 2.75) is 47.0 Å². The summed E-state index contributed by atoms with van der Waals surface area (Å²) in [6, 6.07) is 5.03. The van der Waals surface area contributed by atoms with Gasteiger partial charge in [-0.2, -0.15) is 0 Å². The lowest BCUT2D eigenvalue weighted by molar-refractivity contribution is 0.626. The topological polar surface area (TPSA) is 0 Å². The third-order valence-corrected chi connectivity index (χ3v) is 3.22. The van der Waals surface area contributed by atoms with E-state index in [1.807, 2.05) is 19.9 Å². The zero-order chi connectivity index (χ0) is 13.5. The van der Waals surface area contributed by atoms with E-state index < -0.39 is 0 Å². The highest BCUT2D eigenvalue weighted by atomic mass is 19.1. The van der Waals surface area contributed by atoms with Crippen molar-refractivity contribution >= 4 is 5.57 Å². The summed E-state index contributed by atoms with van der Waals surface area (Å²) in [4.78, 5) is 0. The minimum absolute atomic E-state index is 0.142. The van der Waals surface area contributed by atoms with Crippen LogP contribution in [0.15, 0.2) is 35.9 Å². The van der Waals surface area contributed by atoms with Crippen LogP contribution in [0.3, 0.4) is 0 Å². The molecule has 2 rings (SSSR count). The maximum absolute atomic E-state index is 13.0. The molecule has 0 spiro atoms. The molecular weight excluding hydrogens is 223 g/mol. The van der Waals surface area contributed by atoms with Crippen LogP contribution in [0.5, 0.6) is 0 Å². The van der Waals surface area contributed by atoms with Crippen LogP contribution in [-0.2, 0) is 6.42 Å². The van der Waals surface area contributed by atoms with E-state index in [1.54, 1.807) is 6.07 Å². The number of allylic oxidation sites excluding steroid dienone is 4. The molecule has 0 saturated carbocycles. The zero-order valence-electron chi connectivity index (χ0n) is 11.9. The Morgan fingerprint density at radius 1 is 1.11 bits per heavy atom. The van der Waals surface area contributed by atoms with Gasteiger partial charge in [-0.1, -0.05) is 44.9 Å². The first-order valence-corrected chi connectivity index (χ1v) is 6.78. The fraction of sp³-hybridized carbons (Fsp3) is 0.412. The molecule has 1 aliphatic carbocycles. The molecule has 0 aromatic heterocycles. The first kappa shape index (κ1) is 14.7. The largest absolute Gasteiger partial charge is 0.207 e. The summed E-state index contributed by atoms with van der Waals surface area (Å²) in [6.07, 6.45) is 7.70. The van der Waals surface area contributed by atoms with E-state index in [1.165, 1.54) is 35.6 Å². The molecule has 0 fully saturated rings. The average molecular weight is 246 g/mol. The SMILES string of the molecule is C/C=C1/Cc2cc(F)ccc2/C1=C/C.CCCC.